The molecule has 3 unspecified atom stereocenters. The summed E-state index contributed by atoms with van der Waals surface area (Å²) >= 11 is 0. The van der Waals surface area contributed by atoms with E-state index in [0.29, 0.717) is 12.3 Å². The van der Waals surface area contributed by atoms with E-state index in [-0.39, 0.29) is 17.9 Å². The van der Waals surface area contributed by atoms with Crippen LogP contribution in [-0.4, -0.2) is 35.1 Å². The summed E-state index contributed by atoms with van der Waals surface area (Å²) in [5.74, 6) is 0.911. The molecule has 2 aliphatic rings. The Morgan fingerprint density at radius 2 is 2.20 bits per heavy atom. The van der Waals surface area contributed by atoms with Crippen LogP contribution in [0, 0.1) is 5.92 Å². The first-order chi connectivity index (χ1) is 9.65. The molecule has 1 heterocycles. The second kappa shape index (κ2) is 5.57. The standard InChI is InChI=1S/C17H23NO2/c1-12(19)15-8-9-18(11-15)17(20)10-14-7-6-13-4-2-3-5-16(13)14/h2-5,12,14-15,19H,6-11H2,1H3. The van der Waals surface area contributed by atoms with Crippen LogP contribution in [0.2, 0.25) is 0 Å². The molecule has 1 fully saturated rings. The van der Waals surface area contributed by atoms with Crippen LogP contribution in [0.3, 0.4) is 0 Å². The number of rotatable bonds is 3. The number of nitrogens with zero attached hydrogens (tertiary/aromatic N) is 1. The molecule has 0 radical (unpaired) electrons. The monoisotopic (exact) mass is 273 g/mol. The highest BCUT2D eigenvalue weighted by Crippen LogP contribution is 2.36. The third kappa shape index (κ3) is 2.59. The molecule has 0 aromatic heterocycles. The predicted octanol–water partition coefficient (Wildman–Crippen LogP) is 2.34. The van der Waals surface area contributed by atoms with Crippen molar-refractivity contribution in [2.24, 2.45) is 5.92 Å². The first-order valence-corrected chi connectivity index (χ1v) is 7.69. The van der Waals surface area contributed by atoms with Crippen molar-refractivity contribution in [3.63, 3.8) is 0 Å². The summed E-state index contributed by atoms with van der Waals surface area (Å²) in [5, 5.41) is 9.63. The number of carbonyl (C=O) groups excluding carboxylic acids is 1. The number of likely N-dealkylation sites (tertiary alicyclic amines) is 1. The van der Waals surface area contributed by atoms with Gasteiger partial charge in [-0.2, -0.15) is 0 Å². The van der Waals surface area contributed by atoms with E-state index in [4.69, 9.17) is 0 Å². The van der Waals surface area contributed by atoms with Crippen molar-refractivity contribution in [3.8, 4) is 0 Å². The molecule has 20 heavy (non-hydrogen) atoms. The zero-order valence-electron chi connectivity index (χ0n) is 12.1. The van der Waals surface area contributed by atoms with E-state index in [9.17, 15) is 9.90 Å². The van der Waals surface area contributed by atoms with Gasteiger partial charge in [-0.1, -0.05) is 24.3 Å². The van der Waals surface area contributed by atoms with Gasteiger partial charge in [-0.25, -0.2) is 0 Å². The van der Waals surface area contributed by atoms with Crippen LogP contribution in [0.4, 0.5) is 0 Å². The van der Waals surface area contributed by atoms with Gasteiger partial charge < -0.3 is 10.0 Å². The van der Waals surface area contributed by atoms with E-state index in [0.717, 1.165) is 32.4 Å². The van der Waals surface area contributed by atoms with Crippen molar-refractivity contribution < 1.29 is 9.90 Å². The van der Waals surface area contributed by atoms with Gasteiger partial charge in [-0.05, 0) is 43.2 Å². The largest absolute Gasteiger partial charge is 0.393 e. The topological polar surface area (TPSA) is 40.5 Å². The molecule has 3 heteroatoms. The second-order valence-corrected chi connectivity index (χ2v) is 6.27. The summed E-state index contributed by atoms with van der Waals surface area (Å²) in [7, 11) is 0. The highest BCUT2D eigenvalue weighted by atomic mass is 16.3. The first-order valence-electron chi connectivity index (χ1n) is 7.69. The predicted molar refractivity (Wildman–Crippen MR) is 78.5 cm³/mol. The third-order valence-corrected chi connectivity index (χ3v) is 4.94. The molecule has 3 atom stereocenters. The molecular weight excluding hydrogens is 250 g/mol. The number of hydrogen-bond acceptors (Lipinski definition) is 2. The summed E-state index contributed by atoms with van der Waals surface area (Å²) in [4.78, 5) is 14.4. The van der Waals surface area contributed by atoms with Gasteiger partial charge in [0.1, 0.15) is 0 Å². The maximum absolute atomic E-state index is 12.4. The van der Waals surface area contributed by atoms with E-state index in [1.54, 1.807) is 0 Å². The molecule has 1 amide bonds. The molecule has 1 saturated heterocycles. The number of aliphatic hydroxyl groups is 1. The van der Waals surface area contributed by atoms with Crippen LogP contribution >= 0.6 is 0 Å². The Hall–Kier alpha value is -1.35. The Morgan fingerprint density at radius 1 is 1.40 bits per heavy atom. The van der Waals surface area contributed by atoms with E-state index < -0.39 is 0 Å². The van der Waals surface area contributed by atoms with Gasteiger partial charge in [0, 0.05) is 25.4 Å². The molecule has 108 valence electrons. The van der Waals surface area contributed by atoms with Crippen LogP contribution in [0.1, 0.15) is 43.2 Å². The number of hydrogen-bond donors (Lipinski definition) is 1. The molecule has 1 N–H and O–H groups in total. The zero-order chi connectivity index (χ0) is 14.1. The van der Waals surface area contributed by atoms with Crippen molar-refractivity contribution >= 4 is 5.91 Å². The summed E-state index contributed by atoms with van der Waals surface area (Å²) in [6.07, 6.45) is 3.46. The van der Waals surface area contributed by atoms with Crippen LogP contribution in [0.5, 0.6) is 0 Å². The SMILES string of the molecule is CC(O)C1CCN(C(=O)CC2CCc3ccccc32)C1. The van der Waals surface area contributed by atoms with Gasteiger partial charge in [0.2, 0.25) is 5.91 Å². The highest BCUT2D eigenvalue weighted by molar-refractivity contribution is 5.77. The molecule has 0 bridgehead atoms. The zero-order valence-corrected chi connectivity index (χ0v) is 12.1. The van der Waals surface area contributed by atoms with Crippen molar-refractivity contribution in [1.82, 2.24) is 4.90 Å². The maximum atomic E-state index is 12.4. The summed E-state index contributed by atoms with van der Waals surface area (Å²) in [6.45, 7) is 3.36. The van der Waals surface area contributed by atoms with Crippen molar-refractivity contribution in [3.05, 3.63) is 35.4 Å². The minimum atomic E-state index is -0.306. The average molecular weight is 273 g/mol. The van der Waals surface area contributed by atoms with Gasteiger partial charge >= 0.3 is 0 Å². The molecule has 1 aromatic carbocycles. The molecule has 1 aliphatic carbocycles. The fourth-order valence-corrected chi connectivity index (χ4v) is 3.60. The number of carbonyl (C=O) groups is 1. The second-order valence-electron chi connectivity index (χ2n) is 6.27. The Balaban J connectivity index is 1.61. The molecule has 1 aliphatic heterocycles. The smallest absolute Gasteiger partial charge is 0.223 e. The highest BCUT2D eigenvalue weighted by Gasteiger charge is 2.31. The minimum Gasteiger partial charge on any atom is -0.393 e. The van der Waals surface area contributed by atoms with E-state index >= 15 is 0 Å². The van der Waals surface area contributed by atoms with Crippen LogP contribution in [0.15, 0.2) is 24.3 Å². The minimum absolute atomic E-state index is 0.259. The first kappa shape index (κ1) is 13.6. The van der Waals surface area contributed by atoms with Crippen molar-refractivity contribution in [1.29, 1.82) is 0 Å². The van der Waals surface area contributed by atoms with Gasteiger partial charge in [-0.3, -0.25) is 4.79 Å². The number of benzene rings is 1. The van der Waals surface area contributed by atoms with Gasteiger partial charge in [-0.15, -0.1) is 0 Å². The quantitative estimate of drug-likeness (QED) is 0.918. The summed E-state index contributed by atoms with van der Waals surface area (Å²) in [6, 6.07) is 8.50. The van der Waals surface area contributed by atoms with E-state index in [1.165, 1.54) is 11.1 Å². The van der Waals surface area contributed by atoms with Crippen LogP contribution in [0.25, 0.3) is 0 Å². The number of amides is 1. The van der Waals surface area contributed by atoms with Crippen LogP contribution in [-0.2, 0) is 11.2 Å². The van der Waals surface area contributed by atoms with Gasteiger partial charge in [0.05, 0.1) is 6.10 Å². The van der Waals surface area contributed by atoms with Crippen molar-refractivity contribution in [2.45, 2.75) is 44.6 Å². The fraction of sp³-hybridized carbons (Fsp3) is 0.588. The van der Waals surface area contributed by atoms with Crippen molar-refractivity contribution in [2.75, 3.05) is 13.1 Å². The number of aryl methyl sites for hydroxylation is 1. The maximum Gasteiger partial charge on any atom is 0.223 e. The fourth-order valence-electron chi connectivity index (χ4n) is 3.60. The lowest BCUT2D eigenvalue weighted by Gasteiger charge is -2.20. The Kier molecular flexibility index (Phi) is 3.79. The number of aliphatic hydroxyl groups excluding tert-OH is 1. The lowest BCUT2D eigenvalue weighted by molar-refractivity contribution is -0.130. The Bertz CT molecular complexity index is 498. The van der Waals surface area contributed by atoms with E-state index in [2.05, 4.69) is 24.3 Å². The molecule has 0 saturated carbocycles. The Labute approximate surface area is 120 Å². The summed E-state index contributed by atoms with van der Waals surface area (Å²) in [5.41, 5.74) is 2.78. The molecule has 1 aromatic rings. The van der Waals surface area contributed by atoms with Crippen LogP contribution < -0.4 is 0 Å². The molecule has 3 rings (SSSR count). The molecule has 3 nitrogen and oxygen atoms in total. The lowest BCUT2D eigenvalue weighted by Crippen LogP contribution is -2.31. The van der Waals surface area contributed by atoms with Gasteiger partial charge in [0.25, 0.3) is 0 Å². The average Bonchev–Trinajstić information content (AvgIpc) is 3.06. The lowest BCUT2D eigenvalue weighted by atomic mass is 9.97. The molecular formula is C17H23NO2. The van der Waals surface area contributed by atoms with E-state index in [1.807, 2.05) is 11.8 Å². The normalized spacial score (nSPS) is 26.6. The summed E-state index contributed by atoms with van der Waals surface area (Å²) < 4.78 is 0. The number of fused-ring (bicyclic) bond motifs is 1. The Morgan fingerprint density at radius 3 is 2.95 bits per heavy atom. The van der Waals surface area contributed by atoms with Gasteiger partial charge in [0.15, 0.2) is 0 Å². The molecule has 0 spiro atoms. The third-order valence-electron chi connectivity index (χ3n) is 4.94.